The van der Waals surface area contributed by atoms with Gasteiger partial charge in [0, 0.05) is 19.8 Å². The summed E-state index contributed by atoms with van der Waals surface area (Å²) in [6.45, 7) is 4.44. The van der Waals surface area contributed by atoms with Crippen LogP contribution in [-0.4, -0.2) is 22.9 Å². The molecule has 1 aromatic heterocycles. The van der Waals surface area contributed by atoms with E-state index in [2.05, 4.69) is 23.5 Å². The topological polar surface area (TPSA) is 29.9 Å². The molecule has 1 heterocycles. The van der Waals surface area contributed by atoms with Crippen molar-refractivity contribution in [1.82, 2.24) is 15.1 Å². The third kappa shape index (κ3) is 3.32. The van der Waals surface area contributed by atoms with Crippen molar-refractivity contribution in [3.8, 4) is 0 Å². The van der Waals surface area contributed by atoms with Crippen molar-refractivity contribution in [2.45, 2.75) is 45.4 Å². The van der Waals surface area contributed by atoms with E-state index >= 15 is 0 Å². The summed E-state index contributed by atoms with van der Waals surface area (Å²) in [5, 5.41) is 7.85. The third-order valence-electron chi connectivity index (χ3n) is 4.00. The third-order valence-corrected chi connectivity index (χ3v) is 4.00. The summed E-state index contributed by atoms with van der Waals surface area (Å²) in [7, 11) is 2.00. The highest BCUT2D eigenvalue weighted by molar-refractivity contribution is 5.08. The molecule has 3 heteroatoms. The maximum Gasteiger partial charge on any atom is 0.0521 e. The highest BCUT2D eigenvalue weighted by atomic mass is 15.2. The van der Waals surface area contributed by atoms with Crippen LogP contribution in [0.2, 0.25) is 0 Å². The van der Waals surface area contributed by atoms with E-state index in [1.165, 1.54) is 50.6 Å². The maximum absolute atomic E-state index is 4.29. The molecule has 17 heavy (non-hydrogen) atoms. The van der Waals surface area contributed by atoms with E-state index < -0.39 is 0 Å². The van der Waals surface area contributed by atoms with E-state index in [9.17, 15) is 0 Å². The van der Waals surface area contributed by atoms with Gasteiger partial charge in [-0.05, 0) is 36.8 Å². The van der Waals surface area contributed by atoms with Crippen molar-refractivity contribution < 1.29 is 0 Å². The summed E-state index contributed by atoms with van der Waals surface area (Å²) in [6, 6.07) is 0. The van der Waals surface area contributed by atoms with Gasteiger partial charge in [-0.15, -0.1) is 0 Å². The fraction of sp³-hybridized carbons (Fsp3) is 0.786. The van der Waals surface area contributed by atoms with E-state index in [0.29, 0.717) is 5.41 Å². The summed E-state index contributed by atoms with van der Waals surface area (Å²) in [5.41, 5.74) is 1.88. The molecule has 0 amide bonds. The molecule has 0 aliphatic heterocycles. The van der Waals surface area contributed by atoms with Gasteiger partial charge in [-0.2, -0.15) is 5.10 Å². The predicted molar refractivity (Wildman–Crippen MR) is 71.0 cm³/mol. The van der Waals surface area contributed by atoms with Gasteiger partial charge >= 0.3 is 0 Å². The molecule has 3 nitrogen and oxygen atoms in total. The highest BCUT2D eigenvalue weighted by Crippen LogP contribution is 2.38. The lowest BCUT2D eigenvalue weighted by Gasteiger charge is -2.37. The van der Waals surface area contributed by atoms with Gasteiger partial charge in [0.25, 0.3) is 0 Å². The molecule has 96 valence electrons. The Balaban J connectivity index is 2.03. The summed E-state index contributed by atoms with van der Waals surface area (Å²) < 4.78 is 1.92. The van der Waals surface area contributed by atoms with Crippen LogP contribution >= 0.6 is 0 Å². The molecular weight excluding hydrogens is 210 g/mol. The van der Waals surface area contributed by atoms with Crippen molar-refractivity contribution in [3.05, 3.63) is 18.0 Å². The molecule has 1 aliphatic rings. The number of aryl methyl sites for hydroxylation is 1. The first-order valence-electron chi connectivity index (χ1n) is 6.92. The zero-order valence-corrected chi connectivity index (χ0v) is 11.2. The number of aromatic nitrogens is 2. The first-order chi connectivity index (χ1) is 8.24. The van der Waals surface area contributed by atoms with Gasteiger partial charge in [0.2, 0.25) is 0 Å². The van der Waals surface area contributed by atoms with Gasteiger partial charge in [-0.1, -0.05) is 26.2 Å². The van der Waals surface area contributed by atoms with Crippen LogP contribution in [0, 0.1) is 5.41 Å². The van der Waals surface area contributed by atoms with Gasteiger partial charge in [0.1, 0.15) is 0 Å². The molecular formula is C14H25N3. The molecule has 0 bridgehead atoms. The van der Waals surface area contributed by atoms with Crippen LogP contribution in [0.3, 0.4) is 0 Å². The summed E-state index contributed by atoms with van der Waals surface area (Å²) in [4.78, 5) is 0. The molecule has 0 unspecified atom stereocenters. The SMILES string of the molecule is CCNCC1(Cc2cnn(C)c2)CCCCC1. The van der Waals surface area contributed by atoms with Crippen LogP contribution in [0.5, 0.6) is 0 Å². The Kier molecular flexibility index (Phi) is 4.21. The molecule has 1 aliphatic carbocycles. The van der Waals surface area contributed by atoms with E-state index in [1.54, 1.807) is 0 Å². The fourth-order valence-corrected chi connectivity index (χ4v) is 3.10. The van der Waals surface area contributed by atoms with Crippen LogP contribution in [-0.2, 0) is 13.5 Å². The van der Waals surface area contributed by atoms with Gasteiger partial charge in [-0.3, -0.25) is 4.68 Å². The lowest BCUT2D eigenvalue weighted by molar-refractivity contribution is 0.182. The number of nitrogens with zero attached hydrogens (tertiary/aromatic N) is 2. The van der Waals surface area contributed by atoms with Gasteiger partial charge < -0.3 is 5.32 Å². The molecule has 1 fully saturated rings. The fourth-order valence-electron chi connectivity index (χ4n) is 3.10. The van der Waals surface area contributed by atoms with Crippen molar-refractivity contribution in [3.63, 3.8) is 0 Å². The highest BCUT2D eigenvalue weighted by Gasteiger charge is 2.31. The van der Waals surface area contributed by atoms with E-state index in [0.717, 1.165) is 6.54 Å². The largest absolute Gasteiger partial charge is 0.316 e. The molecule has 0 spiro atoms. The molecule has 0 radical (unpaired) electrons. The van der Waals surface area contributed by atoms with E-state index in [1.807, 2.05) is 17.9 Å². The zero-order valence-electron chi connectivity index (χ0n) is 11.2. The molecule has 2 rings (SSSR count). The first kappa shape index (κ1) is 12.6. The summed E-state index contributed by atoms with van der Waals surface area (Å²) >= 11 is 0. The average Bonchev–Trinajstić information content (AvgIpc) is 2.73. The number of nitrogens with one attached hydrogen (secondary N) is 1. The van der Waals surface area contributed by atoms with Crippen molar-refractivity contribution in [1.29, 1.82) is 0 Å². The van der Waals surface area contributed by atoms with E-state index in [-0.39, 0.29) is 0 Å². The summed E-state index contributed by atoms with van der Waals surface area (Å²) in [6.07, 6.45) is 12.3. The monoisotopic (exact) mass is 235 g/mol. The Morgan fingerprint density at radius 1 is 1.35 bits per heavy atom. The molecule has 1 aromatic rings. The van der Waals surface area contributed by atoms with Crippen LogP contribution < -0.4 is 5.32 Å². The molecule has 1 N–H and O–H groups in total. The van der Waals surface area contributed by atoms with Crippen LogP contribution in [0.15, 0.2) is 12.4 Å². The van der Waals surface area contributed by atoms with Crippen molar-refractivity contribution >= 4 is 0 Å². The maximum atomic E-state index is 4.29. The average molecular weight is 235 g/mol. The number of rotatable bonds is 5. The minimum absolute atomic E-state index is 0.483. The smallest absolute Gasteiger partial charge is 0.0521 e. The Labute approximate surface area is 105 Å². The van der Waals surface area contributed by atoms with Gasteiger partial charge in [0.15, 0.2) is 0 Å². The predicted octanol–water partition coefficient (Wildman–Crippen LogP) is 2.52. The minimum atomic E-state index is 0.483. The second-order valence-corrected chi connectivity index (χ2v) is 5.54. The van der Waals surface area contributed by atoms with Crippen LogP contribution in [0.25, 0.3) is 0 Å². The lowest BCUT2D eigenvalue weighted by atomic mass is 9.70. The minimum Gasteiger partial charge on any atom is -0.316 e. The van der Waals surface area contributed by atoms with E-state index in [4.69, 9.17) is 0 Å². The zero-order chi connectivity index (χ0) is 12.1. The van der Waals surface area contributed by atoms with Crippen molar-refractivity contribution in [2.75, 3.05) is 13.1 Å². The molecule has 1 saturated carbocycles. The Morgan fingerprint density at radius 3 is 2.71 bits per heavy atom. The molecule has 0 aromatic carbocycles. The standard InChI is InChI=1S/C14H25N3/c1-3-15-12-14(7-5-4-6-8-14)9-13-10-16-17(2)11-13/h10-11,15H,3-9,12H2,1-2H3. The van der Waals surface area contributed by atoms with Crippen molar-refractivity contribution in [2.24, 2.45) is 12.5 Å². The quantitative estimate of drug-likeness (QED) is 0.850. The summed E-state index contributed by atoms with van der Waals surface area (Å²) in [5.74, 6) is 0. The first-order valence-corrected chi connectivity index (χ1v) is 6.92. The van der Waals surface area contributed by atoms with Gasteiger partial charge in [0.05, 0.1) is 6.20 Å². The Hall–Kier alpha value is -0.830. The molecule has 0 atom stereocenters. The number of hydrogen-bond acceptors (Lipinski definition) is 2. The van der Waals surface area contributed by atoms with Crippen LogP contribution in [0.4, 0.5) is 0 Å². The second kappa shape index (κ2) is 5.67. The Bertz CT molecular complexity index is 337. The normalized spacial score (nSPS) is 19.4. The second-order valence-electron chi connectivity index (χ2n) is 5.54. The lowest BCUT2D eigenvalue weighted by Crippen LogP contribution is -2.37. The molecule has 0 saturated heterocycles. The van der Waals surface area contributed by atoms with Crippen LogP contribution in [0.1, 0.15) is 44.6 Å². The number of hydrogen-bond donors (Lipinski definition) is 1. The van der Waals surface area contributed by atoms with Gasteiger partial charge in [-0.25, -0.2) is 0 Å². The Morgan fingerprint density at radius 2 is 2.12 bits per heavy atom.